The lowest BCUT2D eigenvalue weighted by Gasteiger charge is -2.21. The monoisotopic (exact) mass is 435 g/mol. The molecule has 30 heavy (non-hydrogen) atoms. The van der Waals surface area contributed by atoms with Crippen LogP contribution in [0.3, 0.4) is 0 Å². The maximum atomic E-state index is 13.9. The van der Waals surface area contributed by atoms with E-state index in [4.69, 9.17) is 10.5 Å². The fourth-order valence-electron chi connectivity index (χ4n) is 3.11. The van der Waals surface area contributed by atoms with Crippen LogP contribution in [-0.4, -0.2) is 50.9 Å². The number of halogens is 1. The highest BCUT2D eigenvalue weighted by Crippen LogP contribution is 2.40. The molecule has 0 atom stereocenters. The number of carbonyl (C=O) groups is 2. The number of primary amides is 1. The highest BCUT2D eigenvalue weighted by Gasteiger charge is 2.30. The molecule has 2 aromatic rings. The molecule has 162 valence electrons. The second-order valence-corrected chi connectivity index (χ2v) is 8.09. The van der Waals surface area contributed by atoms with Crippen LogP contribution in [0.4, 0.5) is 4.39 Å². The highest BCUT2D eigenvalue weighted by molar-refractivity contribution is 7.99. The number of hydrogen-bond acceptors (Lipinski definition) is 6. The van der Waals surface area contributed by atoms with E-state index < -0.39 is 5.82 Å². The molecule has 1 aromatic heterocycles. The average molecular weight is 436 g/mol. The van der Waals surface area contributed by atoms with Gasteiger partial charge in [0.05, 0.1) is 12.9 Å². The maximum Gasteiger partial charge on any atom is 0.233 e. The van der Waals surface area contributed by atoms with Gasteiger partial charge in [0.2, 0.25) is 11.8 Å². The predicted molar refractivity (Wildman–Crippen MR) is 111 cm³/mol. The number of carbonyl (C=O) groups excluding carboxylic acids is 2. The minimum Gasteiger partial charge on any atom is -0.494 e. The Hall–Kier alpha value is -2.62. The van der Waals surface area contributed by atoms with E-state index in [0.29, 0.717) is 36.3 Å². The summed E-state index contributed by atoms with van der Waals surface area (Å²) in [5, 5.41) is 9.08. The zero-order valence-electron chi connectivity index (χ0n) is 17.1. The van der Waals surface area contributed by atoms with Gasteiger partial charge in [-0.25, -0.2) is 4.39 Å². The molecule has 2 amide bonds. The number of methoxy groups -OCH3 is 1. The van der Waals surface area contributed by atoms with Crippen LogP contribution in [0, 0.1) is 5.82 Å². The molecule has 0 aliphatic heterocycles. The summed E-state index contributed by atoms with van der Waals surface area (Å²) >= 11 is 1.29. The van der Waals surface area contributed by atoms with Gasteiger partial charge in [0, 0.05) is 32.0 Å². The maximum absolute atomic E-state index is 13.9. The van der Waals surface area contributed by atoms with E-state index in [9.17, 15) is 14.0 Å². The topological polar surface area (TPSA) is 103 Å². The molecule has 1 aliphatic rings. The molecule has 10 heteroatoms. The van der Waals surface area contributed by atoms with Crippen LogP contribution < -0.4 is 10.5 Å². The number of ether oxygens (including phenoxy) is 1. The molecule has 0 saturated heterocycles. The molecule has 1 saturated carbocycles. The molecule has 8 nitrogen and oxygen atoms in total. The zero-order valence-corrected chi connectivity index (χ0v) is 18.0. The van der Waals surface area contributed by atoms with Crippen LogP contribution >= 0.6 is 11.8 Å². The fourth-order valence-corrected chi connectivity index (χ4v) is 3.98. The predicted octanol–water partition coefficient (Wildman–Crippen LogP) is 2.32. The number of thioether (sulfide) groups is 1. The van der Waals surface area contributed by atoms with Gasteiger partial charge in [-0.3, -0.25) is 9.59 Å². The van der Waals surface area contributed by atoms with E-state index >= 15 is 0 Å². The Morgan fingerprint density at radius 1 is 1.37 bits per heavy atom. The first-order valence-electron chi connectivity index (χ1n) is 9.87. The van der Waals surface area contributed by atoms with Gasteiger partial charge in [-0.1, -0.05) is 17.8 Å². The molecule has 2 N–H and O–H groups in total. The Morgan fingerprint density at radius 2 is 2.13 bits per heavy atom. The van der Waals surface area contributed by atoms with Crippen molar-refractivity contribution in [3.05, 3.63) is 35.4 Å². The van der Waals surface area contributed by atoms with E-state index in [1.54, 1.807) is 17.0 Å². The van der Waals surface area contributed by atoms with Crippen LogP contribution in [0.15, 0.2) is 23.4 Å². The third-order valence-corrected chi connectivity index (χ3v) is 5.87. The molecule has 0 radical (unpaired) electrons. The summed E-state index contributed by atoms with van der Waals surface area (Å²) < 4.78 is 20.8. The van der Waals surface area contributed by atoms with Crippen molar-refractivity contribution in [1.29, 1.82) is 0 Å². The van der Waals surface area contributed by atoms with Crippen LogP contribution in [0.5, 0.6) is 5.75 Å². The molecule has 0 bridgehead atoms. The zero-order chi connectivity index (χ0) is 21.7. The summed E-state index contributed by atoms with van der Waals surface area (Å²) in [6, 6.07) is 4.68. The van der Waals surface area contributed by atoms with Crippen molar-refractivity contribution in [3.63, 3.8) is 0 Å². The molecule has 1 heterocycles. The van der Waals surface area contributed by atoms with Crippen molar-refractivity contribution in [2.45, 2.75) is 50.4 Å². The van der Waals surface area contributed by atoms with Crippen LogP contribution in [-0.2, 0) is 22.7 Å². The third-order valence-electron chi connectivity index (χ3n) is 4.92. The number of benzene rings is 1. The van der Waals surface area contributed by atoms with Gasteiger partial charge >= 0.3 is 0 Å². The summed E-state index contributed by atoms with van der Waals surface area (Å²) in [6.07, 6.45) is 2.31. The van der Waals surface area contributed by atoms with Gasteiger partial charge in [-0.05, 0) is 37.5 Å². The largest absolute Gasteiger partial charge is 0.494 e. The molecular weight excluding hydrogens is 409 g/mol. The van der Waals surface area contributed by atoms with Crippen LogP contribution in [0.2, 0.25) is 0 Å². The lowest BCUT2D eigenvalue weighted by atomic mass is 10.2. The molecule has 1 aliphatic carbocycles. The van der Waals surface area contributed by atoms with Gasteiger partial charge in [-0.15, -0.1) is 10.2 Å². The van der Waals surface area contributed by atoms with Crippen LogP contribution in [0.1, 0.15) is 43.5 Å². The van der Waals surface area contributed by atoms with Crippen molar-refractivity contribution in [3.8, 4) is 5.75 Å². The molecule has 1 aromatic carbocycles. The lowest BCUT2D eigenvalue weighted by Crippen LogP contribution is -2.31. The first kappa shape index (κ1) is 22.1. The molecular formula is C20H26FN5O3S. The third kappa shape index (κ3) is 5.50. The number of rotatable bonds is 11. The van der Waals surface area contributed by atoms with Crippen LogP contribution in [0.25, 0.3) is 0 Å². The van der Waals surface area contributed by atoms with Gasteiger partial charge in [0.1, 0.15) is 5.82 Å². The number of nitrogens with two attached hydrogens (primary N) is 1. The van der Waals surface area contributed by atoms with Crippen molar-refractivity contribution >= 4 is 23.6 Å². The molecule has 0 unspecified atom stereocenters. The van der Waals surface area contributed by atoms with E-state index in [0.717, 1.165) is 18.7 Å². The molecule has 0 spiro atoms. The Labute approximate surface area is 179 Å². The number of hydrogen-bond donors (Lipinski definition) is 1. The SMILES string of the molecule is CCN(Cc1ccc(OC)c(F)c1)C(=O)CSc1nnc(C2CC2)n1CCC(N)=O. The minimum atomic E-state index is -0.456. The Kier molecular flexibility index (Phi) is 7.30. The van der Waals surface area contributed by atoms with E-state index in [2.05, 4.69) is 10.2 Å². The Balaban J connectivity index is 1.63. The first-order chi connectivity index (χ1) is 14.4. The second-order valence-electron chi connectivity index (χ2n) is 7.15. The number of nitrogens with zero attached hydrogens (tertiary/aromatic N) is 4. The first-order valence-corrected chi connectivity index (χ1v) is 10.9. The van der Waals surface area contributed by atoms with Gasteiger partial charge in [0.15, 0.2) is 16.7 Å². The standard InChI is InChI=1S/C20H26FN5O3S/c1-3-25(11-13-4-7-16(29-2)15(21)10-13)18(28)12-30-20-24-23-19(14-5-6-14)26(20)9-8-17(22)27/h4,7,10,14H,3,5-6,8-9,11-12H2,1-2H3,(H2,22,27). The summed E-state index contributed by atoms with van der Waals surface area (Å²) in [4.78, 5) is 25.6. The van der Waals surface area contributed by atoms with Crippen molar-refractivity contribution in [2.24, 2.45) is 5.73 Å². The second kappa shape index (κ2) is 9.92. The Bertz CT molecular complexity index is 916. The van der Waals surface area contributed by atoms with E-state index in [1.807, 2.05) is 11.5 Å². The quantitative estimate of drug-likeness (QED) is 0.544. The van der Waals surface area contributed by atoms with Gasteiger partial charge in [0.25, 0.3) is 0 Å². The number of amides is 2. The van der Waals surface area contributed by atoms with Crippen molar-refractivity contribution < 1.29 is 18.7 Å². The van der Waals surface area contributed by atoms with E-state index in [-0.39, 0.29) is 29.7 Å². The van der Waals surface area contributed by atoms with Crippen molar-refractivity contribution in [1.82, 2.24) is 19.7 Å². The van der Waals surface area contributed by atoms with Gasteiger partial charge in [-0.2, -0.15) is 0 Å². The average Bonchev–Trinajstić information content (AvgIpc) is 3.49. The minimum absolute atomic E-state index is 0.0869. The van der Waals surface area contributed by atoms with E-state index in [1.165, 1.54) is 24.9 Å². The summed E-state index contributed by atoms with van der Waals surface area (Å²) in [5.74, 6) is 0.636. The van der Waals surface area contributed by atoms with Gasteiger partial charge < -0.3 is 19.9 Å². The fraction of sp³-hybridized carbons (Fsp3) is 0.500. The van der Waals surface area contributed by atoms with Crippen molar-refractivity contribution in [2.75, 3.05) is 19.4 Å². The molecule has 3 rings (SSSR count). The number of aromatic nitrogens is 3. The smallest absolute Gasteiger partial charge is 0.233 e. The summed E-state index contributed by atoms with van der Waals surface area (Å²) in [5.41, 5.74) is 5.98. The highest BCUT2D eigenvalue weighted by atomic mass is 32.2. The Morgan fingerprint density at radius 3 is 2.73 bits per heavy atom. The lowest BCUT2D eigenvalue weighted by molar-refractivity contribution is -0.128. The summed E-state index contributed by atoms with van der Waals surface area (Å²) in [6.45, 7) is 3.09. The summed E-state index contributed by atoms with van der Waals surface area (Å²) in [7, 11) is 1.41. The normalized spacial score (nSPS) is 13.3. The molecule has 1 fully saturated rings.